The van der Waals surface area contributed by atoms with Crippen LogP contribution in [0.4, 0.5) is 13.2 Å². The lowest BCUT2D eigenvalue weighted by Gasteiger charge is -2.24. The minimum absolute atomic E-state index is 0.0378. The molecule has 2 aromatic carbocycles. The van der Waals surface area contributed by atoms with E-state index in [1.807, 2.05) is 24.3 Å². The van der Waals surface area contributed by atoms with E-state index < -0.39 is 17.5 Å². The zero-order chi connectivity index (χ0) is 18.0. The summed E-state index contributed by atoms with van der Waals surface area (Å²) in [5, 5.41) is -0.218. The maximum Gasteiger partial charge on any atom is 0.234 e. The first-order valence-electron chi connectivity index (χ1n) is 7.77. The predicted octanol–water partition coefficient (Wildman–Crippen LogP) is 4.99. The van der Waals surface area contributed by atoms with E-state index in [0.717, 1.165) is 28.3 Å². The highest BCUT2D eigenvalue weighted by atomic mass is 32.2. The molecule has 0 radical (unpaired) electrons. The second-order valence-corrected chi connectivity index (χ2v) is 7.97. The number of hydrogen-bond donors (Lipinski definition) is 0. The lowest BCUT2D eigenvalue weighted by atomic mass is 10.1. The third kappa shape index (κ3) is 3.98. The number of benzene rings is 2. The van der Waals surface area contributed by atoms with Crippen molar-refractivity contribution in [2.45, 2.75) is 23.7 Å². The molecule has 0 N–H and O–H groups in total. The first kappa shape index (κ1) is 18.2. The molecule has 0 bridgehead atoms. The van der Waals surface area contributed by atoms with Crippen molar-refractivity contribution in [1.82, 2.24) is 4.90 Å². The molecule has 2 nitrogen and oxygen atoms in total. The van der Waals surface area contributed by atoms with E-state index in [1.165, 1.54) is 11.8 Å². The van der Waals surface area contributed by atoms with Gasteiger partial charge in [0, 0.05) is 11.4 Å². The van der Waals surface area contributed by atoms with Crippen LogP contribution >= 0.6 is 23.5 Å². The minimum Gasteiger partial charge on any atom is -0.322 e. The number of carbonyl (C=O) groups excluding carboxylic acids is 1. The maximum absolute atomic E-state index is 13.4. The summed E-state index contributed by atoms with van der Waals surface area (Å²) in [6, 6.07) is 9.81. The Balaban J connectivity index is 1.82. The number of carbonyl (C=O) groups is 1. The van der Waals surface area contributed by atoms with Crippen molar-refractivity contribution in [2.24, 2.45) is 0 Å². The van der Waals surface area contributed by atoms with E-state index in [2.05, 4.69) is 6.92 Å². The monoisotopic (exact) mass is 383 g/mol. The molecule has 0 spiro atoms. The van der Waals surface area contributed by atoms with Gasteiger partial charge in [-0.2, -0.15) is 0 Å². The molecule has 0 aromatic heterocycles. The van der Waals surface area contributed by atoms with Gasteiger partial charge in [0.05, 0.1) is 5.75 Å². The van der Waals surface area contributed by atoms with Crippen LogP contribution in [0.3, 0.4) is 0 Å². The number of amides is 1. The predicted molar refractivity (Wildman–Crippen MR) is 94.9 cm³/mol. The normalized spacial score (nSPS) is 17.4. The van der Waals surface area contributed by atoms with Gasteiger partial charge in [-0.3, -0.25) is 4.79 Å². The van der Waals surface area contributed by atoms with Crippen LogP contribution in [-0.4, -0.2) is 22.3 Å². The lowest BCUT2D eigenvalue weighted by Crippen LogP contribution is -2.27. The van der Waals surface area contributed by atoms with Crippen LogP contribution < -0.4 is 0 Å². The Labute approximate surface area is 152 Å². The van der Waals surface area contributed by atoms with Gasteiger partial charge in [0.25, 0.3) is 0 Å². The number of rotatable bonds is 5. The van der Waals surface area contributed by atoms with E-state index in [9.17, 15) is 18.0 Å². The second kappa shape index (κ2) is 7.74. The van der Waals surface area contributed by atoms with Gasteiger partial charge in [-0.05, 0) is 41.1 Å². The van der Waals surface area contributed by atoms with Gasteiger partial charge in [-0.15, -0.1) is 23.5 Å². The Morgan fingerprint density at radius 3 is 2.40 bits per heavy atom. The Morgan fingerprint density at radius 1 is 1.16 bits per heavy atom. The Kier molecular flexibility index (Phi) is 5.64. The maximum atomic E-state index is 13.4. The van der Waals surface area contributed by atoms with Gasteiger partial charge in [0.1, 0.15) is 5.37 Å². The molecule has 1 heterocycles. The molecule has 0 aliphatic carbocycles. The Bertz CT molecular complexity index is 759. The van der Waals surface area contributed by atoms with Crippen LogP contribution in [-0.2, 0) is 11.3 Å². The molecule has 1 saturated heterocycles. The van der Waals surface area contributed by atoms with Crippen LogP contribution in [0.25, 0.3) is 0 Å². The zero-order valence-electron chi connectivity index (χ0n) is 13.5. The van der Waals surface area contributed by atoms with Crippen molar-refractivity contribution in [3.05, 3.63) is 65.0 Å². The van der Waals surface area contributed by atoms with Crippen LogP contribution in [0.15, 0.2) is 41.3 Å². The van der Waals surface area contributed by atoms with E-state index >= 15 is 0 Å². The molecular weight excluding hydrogens is 367 g/mol. The zero-order valence-corrected chi connectivity index (χ0v) is 15.1. The second-order valence-electron chi connectivity index (χ2n) is 5.56. The molecule has 1 aliphatic rings. The van der Waals surface area contributed by atoms with Gasteiger partial charge >= 0.3 is 0 Å². The highest BCUT2D eigenvalue weighted by Gasteiger charge is 2.33. The van der Waals surface area contributed by atoms with Gasteiger partial charge in [-0.25, -0.2) is 13.2 Å². The molecule has 0 saturated carbocycles. The summed E-state index contributed by atoms with van der Waals surface area (Å²) in [7, 11) is 0. The fraction of sp³-hybridized carbons (Fsp3) is 0.278. The molecule has 132 valence electrons. The van der Waals surface area contributed by atoms with Gasteiger partial charge in [0.2, 0.25) is 5.91 Å². The van der Waals surface area contributed by atoms with Gasteiger partial charge < -0.3 is 4.90 Å². The number of hydrogen-bond acceptors (Lipinski definition) is 3. The molecule has 2 aromatic rings. The third-order valence-electron chi connectivity index (χ3n) is 3.84. The van der Waals surface area contributed by atoms with Crippen molar-refractivity contribution in [3.8, 4) is 0 Å². The Morgan fingerprint density at radius 2 is 1.80 bits per heavy atom. The first-order valence-corrected chi connectivity index (χ1v) is 9.80. The molecule has 1 atom stereocenters. The smallest absolute Gasteiger partial charge is 0.234 e. The minimum atomic E-state index is -1.49. The van der Waals surface area contributed by atoms with Crippen molar-refractivity contribution < 1.29 is 18.0 Å². The first-order chi connectivity index (χ1) is 12.0. The summed E-state index contributed by atoms with van der Waals surface area (Å²) in [6.07, 6.45) is 0. The highest BCUT2D eigenvalue weighted by Crippen LogP contribution is 2.40. The average molecular weight is 383 g/mol. The summed E-state index contributed by atoms with van der Waals surface area (Å²) in [6.45, 7) is 2.11. The van der Waals surface area contributed by atoms with Crippen molar-refractivity contribution in [1.29, 1.82) is 0 Å². The van der Waals surface area contributed by atoms with E-state index in [4.69, 9.17) is 0 Å². The summed E-state index contributed by atoms with van der Waals surface area (Å²) in [5.41, 5.74) is 1.19. The van der Waals surface area contributed by atoms with Crippen molar-refractivity contribution in [2.75, 3.05) is 11.5 Å². The van der Waals surface area contributed by atoms with Crippen LogP contribution in [0.5, 0.6) is 0 Å². The van der Waals surface area contributed by atoms with E-state index in [0.29, 0.717) is 5.75 Å². The largest absolute Gasteiger partial charge is 0.322 e. The third-order valence-corrected chi connectivity index (χ3v) is 5.99. The number of halogens is 3. The molecule has 1 amide bonds. The fourth-order valence-corrected chi connectivity index (χ4v) is 4.54. The summed E-state index contributed by atoms with van der Waals surface area (Å²) in [5.74, 6) is -2.80. The highest BCUT2D eigenvalue weighted by molar-refractivity contribution is 8.00. The standard InChI is InChI=1S/C18H16F3NOS2/c1-2-24-13-5-3-12(4-6-13)18-22(16(23)10-25-18)9-11-7-14(19)17(21)15(20)8-11/h3-8,18H,2,9-10H2,1H3. The molecule has 25 heavy (non-hydrogen) atoms. The molecule has 1 fully saturated rings. The number of thioether (sulfide) groups is 2. The van der Waals surface area contributed by atoms with E-state index in [1.54, 1.807) is 16.7 Å². The summed E-state index contributed by atoms with van der Waals surface area (Å²) in [4.78, 5) is 14.9. The average Bonchev–Trinajstić information content (AvgIpc) is 2.94. The summed E-state index contributed by atoms with van der Waals surface area (Å²) >= 11 is 3.20. The molecule has 7 heteroatoms. The number of nitrogens with zero attached hydrogens (tertiary/aromatic N) is 1. The van der Waals surface area contributed by atoms with Gasteiger partial charge in [0.15, 0.2) is 17.5 Å². The van der Waals surface area contributed by atoms with Crippen LogP contribution in [0.2, 0.25) is 0 Å². The van der Waals surface area contributed by atoms with Crippen LogP contribution in [0, 0.1) is 17.5 Å². The quantitative estimate of drug-likeness (QED) is 0.536. The molecule has 1 unspecified atom stereocenters. The molecular formula is C18H16F3NOS2. The molecule has 1 aliphatic heterocycles. The van der Waals surface area contributed by atoms with Crippen LogP contribution in [0.1, 0.15) is 23.4 Å². The topological polar surface area (TPSA) is 20.3 Å². The SMILES string of the molecule is CCSc1ccc(C2SCC(=O)N2Cc2cc(F)c(F)c(F)c2)cc1. The summed E-state index contributed by atoms with van der Waals surface area (Å²) < 4.78 is 40.0. The fourth-order valence-electron chi connectivity index (χ4n) is 2.69. The van der Waals surface area contributed by atoms with Gasteiger partial charge in [-0.1, -0.05) is 19.1 Å². The molecule has 3 rings (SSSR count). The van der Waals surface area contributed by atoms with Crippen molar-refractivity contribution >= 4 is 29.4 Å². The lowest BCUT2D eigenvalue weighted by molar-refractivity contribution is -0.128. The van der Waals surface area contributed by atoms with E-state index in [-0.39, 0.29) is 23.4 Å². The Hall–Kier alpha value is -1.60. The van der Waals surface area contributed by atoms with Crippen molar-refractivity contribution in [3.63, 3.8) is 0 Å².